The highest BCUT2D eigenvalue weighted by Crippen LogP contribution is 2.32. The van der Waals surface area contributed by atoms with Crippen molar-refractivity contribution < 1.29 is 17.9 Å². The third kappa shape index (κ3) is 4.13. The van der Waals surface area contributed by atoms with E-state index >= 15 is 0 Å². The topological polar surface area (TPSA) is 9.23 Å². The molecule has 0 spiro atoms. The summed E-state index contributed by atoms with van der Waals surface area (Å²) in [5, 5.41) is 0. The highest BCUT2D eigenvalue weighted by atomic mass is 19.4. The summed E-state index contributed by atoms with van der Waals surface area (Å²) in [5.41, 5.74) is -0.455. The van der Waals surface area contributed by atoms with Gasteiger partial charge in [-0.1, -0.05) is 19.9 Å². The van der Waals surface area contributed by atoms with Crippen LogP contribution in [0.1, 0.15) is 30.9 Å². The Bertz CT molecular complexity index is 383. The van der Waals surface area contributed by atoms with Crippen molar-refractivity contribution in [2.75, 3.05) is 6.61 Å². The van der Waals surface area contributed by atoms with Gasteiger partial charge in [-0.15, -0.1) is 0 Å². The van der Waals surface area contributed by atoms with Gasteiger partial charge < -0.3 is 4.74 Å². The van der Waals surface area contributed by atoms with Gasteiger partial charge in [0.2, 0.25) is 0 Å². The maximum Gasteiger partial charge on any atom is 0.416 e. The van der Waals surface area contributed by atoms with Gasteiger partial charge in [0.25, 0.3) is 0 Å². The molecule has 0 aliphatic heterocycles. The lowest BCUT2D eigenvalue weighted by Crippen LogP contribution is -2.06. The van der Waals surface area contributed by atoms with E-state index in [1.165, 1.54) is 6.07 Å². The summed E-state index contributed by atoms with van der Waals surface area (Å²) < 4.78 is 43.0. The first kappa shape index (κ1) is 13.6. The SMILES string of the molecule is C=[C]c1cc(OCCCC)cc(C(F)(F)F)c1. The van der Waals surface area contributed by atoms with Gasteiger partial charge in [0.05, 0.1) is 12.2 Å². The van der Waals surface area contributed by atoms with Crippen molar-refractivity contribution in [2.24, 2.45) is 0 Å². The van der Waals surface area contributed by atoms with Crippen molar-refractivity contribution in [3.63, 3.8) is 0 Å². The zero-order valence-corrected chi connectivity index (χ0v) is 9.60. The Morgan fingerprint density at radius 2 is 2.00 bits per heavy atom. The van der Waals surface area contributed by atoms with Crippen LogP contribution in [0.3, 0.4) is 0 Å². The Labute approximate surface area is 98.9 Å². The zero-order valence-electron chi connectivity index (χ0n) is 9.60. The molecule has 0 aliphatic rings. The van der Waals surface area contributed by atoms with E-state index in [9.17, 15) is 13.2 Å². The lowest BCUT2D eigenvalue weighted by atomic mass is 10.1. The smallest absolute Gasteiger partial charge is 0.416 e. The van der Waals surface area contributed by atoms with Gasteiger partial charge in [-0.25, -0.2) is 0 Å². The summed E-state index contributed by atoms with van der Waals surface area (Å²) in [6.45, 7) is 5.74. The quantitative estimate of drug-likeness (QED) is 0.703. The largest absolute Gasteiger partial charge is 0.494 e. The minimum absolute atomic E-state index is 0.208. The molecule has 0 fully saturated rings. The van der Waals surface area contributed by atoms with Crippen LogP contribution in [-0.4, -0.2) is 6.61 Å². The van der Waals surface area contributed by atoms with Crippen molar-refractivity contribution in [2.45, 2.75) is 25.9 Å². The number of unbranched alkanes of at least 4 members (excludes halogenated alkanes) is 1. The summed E-state index contributed by atoms with van der Waals surface area (Å²) >= 11 is 0. The minimum atomic E-state index is -4.38. The monoisotopic (exact) mass is 243 g/mol. The molecule has 0 bridgehead atoms. The van der Waals surface area contributed by atoms with Gasteiger partial charge in [0.1, 0.15) is 5.75 Å². The van der Waals surface area contributed by atoms with Crippen molar-refractivity contribution in [3.05, 3.63) is 42.0 Å². The van der Waals surface area contributed by atoms with Gasteiger partial charge in [0.15, 0.2) is 0 Å². The number of benzene rings is 1. The van der Waals surface area contributed by atoms with E-state index in [0.29, 0.717) is 6.61 Å². The van der Waals surface area contributed by atoms with Gasteiger partial charge in [0, 0.05) is 0 Å². The fourth-order valence-electron chi connectivity index (χ4n) is 1.28. The molecule has 17 heavy (non-hydrogen) atoms. The molecular weight excluding hydrogens is 229 g/mol. The van der Waals surface area contributed by atoms with Crippen LogP contribution < -0.4 is 4.74 Å². The molecule has 1 aromatic carbocycles. The number of halogens is 3. The third-order valence-corrected chi connectivity index (χ3v) is 2.20. The second-order valence-corrected chi connectivity index (χ2v) is 3.62. The Morgan fingerprint density at radius 1 is 1.29 bits per heavy atom. The standard InChI is InChI=1S/C13H14F3O/c1-3-5-6-17-12-8-10(4-2)7-11(9-12)13(14,15)16/h7-9H,2-3,5-6H2,1H3. The third-order valence-electron chi connectivity index (χ3n) is 2.20. The van der Waals surface area contributed by atoms with E-state index in [1.54, 1.807) is 0 Å². The molecule has 0 saturated carbocycles. The summed E-state index contributed by atoms with van der Waals surface area (Å²) in [6.07, 6.45) is -0.200. The number of hydrogen-bond donors (Lipinski definition) is 0. The maximum absolute atomic E-state index is 12.6. The van der Waals surface area contributed by atoms with Crippen LogP contribution in [-0.2, 0) is 6.18 Å². The molecule has 0 heterocycles. The van der Waals surface area contributed by atoms with Crippen LogP contribution in [0, 0.1) is 6.08 Å². The van der Waals surface area contributed by atoms with E-state index in [4.69, 9.17) is 4.74 Å². The first-order valence-corrected chi connectivity index (χ1v) is 5.35. The molecule has 93 valence electrons. The highest BCUT2D eigenvalue weighted by Gasteiger charge is 2.31. The Balaban J connectivity index is 2.93. The Hall–Kier alpha value is -1.45. The minimum Gasteiger partial charge on any atom is -0.494 e. The lowest BCUT2D eigenvalue weighted by Gasteiger charge is -2.11. The van der Waals surface area contributed by atoms with Crippen LogP contribution in [0.4, 0.5) is 13.2 Å². The normalized spacial score (nSPS) is 11.3. The number of ether oxygens (including phenoxy) is 1. The van der Waals surface area contributed by atoms with Crippen molar-refractivity contribution in [3.8, 4) is 5.75 Å². The second kappa shape index (κ2) is 5.75. The molecule has 0 saturated heterocycles. The van der Waals surface area contributed by atoms with Gasteiger partial charge in [-0.2, -0.15) is 13.2 Å². The summed E-state index contributed by atoms with van der Waals surface area (Å²) in [5.74, 6) is 0.208. The molecule has 0 N–H and O–H groups in total. The predicted octanol–water partition coefficient (Wildman–Crippen LogP) is 4.22. The molecule has 0 atom stereocenters. The number of rotatable bonds is 5. The van der Waals surface area contributed by atoms with Crippen LogP contribution in [0.2, 0.25) is 0 Å². The molecule has 1 rings (SSSR count). The number of alkyl halides is 3. The van der Waals surface area contributed by atoms with Gasteiger partial charge in [-0.05, 0) is 36.3 Å². The predicted molar refractivity (Wildman–Crippen MR) is 59.8 cm³/mol. The van der Waals surface area contributed by atoms with Crippen molar-refractivity contribution >= 4 is 0 Å². The fourth-order valence-corrected chi connectivity index (χ4v) is 1.28. The molecule has 0 aliphatic carbocycles. The second-order valence-electron chi connectivity index (χ2n) is 3.62. The van der Waals surface area contributed by atoms with E-state index < -0.39 is 11.7 Å². The lowest BCUT2D eigenvalue weighted by molar-refractivity contribution is -0.137. The fraction of sp³-hybridized carbons (Fsp3) is 0.385. The Kier molecular flexibility index (Phi) is 4.61. The van der Waals surface area contributed by atoms with Crippen LogP contribution in [0.5, 0.6) is 5.75 Å². The summed E-state index contributed by atoms with van der Waals surface area (Å²) in [4.78, 5) is 0. The zero-order chi connectivity index (χ0) is 12.9. The van der Waals surface area contributed by atoms with Crippen molar-refractivity contribution in [1.29, 1.82) is 0 Å². The van der Waals surface area contributed by atoms with E-state index in [1.807, 2.05) is 6.92 Å². The molecular formula is C13H14F3O. The van der Waals surface area contributed by atoms with Crippen LogP contribution >= 0.6 is 0 Å². The average molecular weight is 243 g/mol. The number of hydrogen-bond acceptors (Lipinski definition) is 1. The molecule has 1 aromatic rings. The molecule has 0 aromatic heterocycles. The maximum atomic E-state index is 12.6. The molecule has 0 unspecified atom stereocenters. The molecule has 1 nitrogen and oxygen atoms in total. The van der Waals surface area contributed by atoms with Crippen molar-refractivity contribution in [1.82, 2.24) is 0 Å². The van der Waals surface area contributed by atoms with Crippen LogP contribution in [0.15, 0.2) is 24.8 Å². The van der Waals surface area contributed by atoms with E-state index in [2.05, 4.69) is 12.7 Å². The Morgan fingerprint density at radius 3 is 2.53 bits per heavy atom. The summed E-state index contributed by atoms with van der Waals surface area (Å²) in [6, 6.07) is 3.49. The van der Waals surface area contributed by atoms with Gasteiger partial charge >= 0.3 is 6.18 Å². The van der Waals surface area contributed by atoms with E-state index in [-0.39, 0.29) is 11.3 Å². The molecule has 0 amide bonds. The van der Waals surface area contributed by atoms with Crippen LogP contribution in [0.25, 0.3) is 0 Å². The van der Waals surface area contributed by atoms with E-state index in [0.717, 1.165) is 25.0 Å². The summed E-state index contributed by atoms with van der Waals surface area (Å²) in [7, 11) is 0. The highest BCUT2D eigenvalue weighted by molar-refractivity contribution is 5.38. The molecule has 1 radical (unpaired) electrons. The average Bonchev–Trinajstić information content (AvgIpc) is 2.28. The molecule has 4 heteroatoms. The first-order valence-electron chi connectivity index (χ1n) is 5.35. The first-order chi connectivity index (χ1) is 7.97. The van der Waals surface area contributed by atoms with Gasteiger partial charge in [-0.3, -0.25) is 0 Å².